The van der Waals surface area contributed by atoms with Gasteiger partial charge in [-0.2, -0.15) is 13.2 Å². The van der Waals surface area contributed by atoms with Crippen LogP contribution in [0.5, 0.6) is 5.88 Å². The SMILES string of the molecule is CCOc1cc(-c2cc(N(C)CC(C)(C)COC)c3[nH]c(-c4cnc(N5CCN(CCCC(=O)O)C[C@H]5C)cn4)nc3n2)cc(C(F)(F)F)n1. The molecule has 0 unspecified atom stereocenters. The largest absolute Gasteiger partial charge is 0.481 e. The number of H-pyrrole nitrogens is 1. The first kappa shape index (κ1) is 36.7. The van der Waals surface area contributed by atoms with E-state index in [-0.39, 0.29) is 41.6 Å². The minimum Gasteiger partial charge on any atom is -0.481 e. The Morgan fingerprint density at radius 3 is 2.52 bits per heavy atom. The number of nitrogens with one attached hydrogen (secondary N) is 1. The average molecular weight is 700 g/mol. The Labute approximate surface area is 288 Å². The van der Waals surface area contributed by atoms with Crippen molar-refractivity contribution >= 4 is 28.6 Å². The van der Waals surface area contributed by atoms with Crippen molar-refractivity contribution in [1.29, 1.82) is 0 Å². The highest BCUT2D eigenvalue weighted by Crippen LogP contribution is 2.36. The number of carbonyl (C=O) groups is 1. The van der Waals surface area contributed by atoms with Crippen LogP contribution in [0.1, 0.15) is 46.2 Å². The normalized spacial score (nSPS) is 15.9. The number of halogens is 3. The van der Waals surface area contributed by atoms with Gasteiger partial charge >= 0.3 is 12.1 Å². The summed E-state index contributed by atoms with van der Waals surface area (Å²) in [7, 11) is 3.54. The molecule has 1 aliphatic heterocycles. The van der Waals surface area contributed by atoms with Crippen molar-refractivity contribution in [3.8, 4) is 28.7 Å². The number of carboxylic acids is 1. The highest BCUT2D eigenvalue weighted by atomic mass is 19.4. The second-order valence-electron chi connectivity index (χ2n) is 13.4. The third-order valence-corrected chi connectivity index (χ3v) is 8.48. The first-order valence-electron chi connectivity index (χ1n) is 16.5. The van der Waals surface area contributed by atoms with Crippen LogP contribution in [-0.2, 0) is 15.7 Å². The Morgan fingerprint density at radius 1 is 1.10 bits per heavy atom. The molecule has 0 amide bonds. The summed E-state index contributed by atoms with van der Waals surface area (Å²) in [5.74, 6) is 0.187. The van der Waals surface area contributed by atoms with Crippen molar-refractivity contribution in [3.63, 3.8) is 0 Å². The summed E-state index contributed by atoms with van der Waals surface area (Å²) in [6.45, 7) is 12.1. The fourth-order valence-corrected chi connectivity index (χ4v) is 6.35. The van der Waals surface area contributed by atoms with Crippen LogP contribution in [0.25, 0.3) is 33.9 Å². The maximum Gasteiger partial charge on any atom is 0.433 e. The van der Waals surface area contributed by atoms with Gasteiger partial charge in [-0.1, -0.05) is 13.8 Å². The number of hydrogen-bond donors (Lipinski definition) is 2. The summed E-state index contributed by atoms with van der Waals surface area (Å²) in [5, 5.41) is 8.95. The Morgan fingerprint density at radius 2 is 1.88 bits per heavy atom. The topological polar surface area (TPSA) is 146 Å². The van der Waals surface area contributed by atoms with Crippen LogP contribution in [-0.4, -0.2) is 112 Å². The Kier molecular flexibility index (Phi) is 11.1. The molecule has 1 aliphatic rings. The molecule has 0 saturated carbocycles. The van der Waals surface area contributed by atoms with E-state index < -0.39 is 17.8 Å². The molecule has 1 fully saturated rings. The van der Waals surface area contributed by atoms with Gasteiger partial charge in [-0.3, -0.25) is 9.69 Å². The Hall–Kier alpha value is -4.57. The first-order valence-corrected chi connectivity index (χ1v) is 16.5. The van der Waals surface area contributed by atoms with Crippen LogP contribution in [0.2, 0.25) is 0 Å². The van der Waals surface area contributed by atoms with Gasteiger partial charge in [0.05, 0.1) is 37.0 Å². The summed E-state index contributed by atoms with van der Waals surface area (Å²) in [4.78, 5) is 43.1. The zero-order valence-corrected chi connectivity index (χ0v) is 29.2. The second kappa shape index (κ2) is 15.1. The third kappa shape index (κ3) is 8.77. The summed E-state index contributed by atoms with van der Waals surface area (Å²) >= 11 is 0. The number of hydrogen-bond acceptors (Lipinski definition) is 11. The number of anilines is 2. The molecule has 13 nitrogen and oxygen atoms in total. The van der Waals surface area contributed by atoms with E-state index >= 15 is 0 Å². The van der Waals surface area contributed by atoms with Gasteiger partial charge in [-0.25, -0.2) is 24.9 Å². The molecule has 0 aliphatic carbocycles. The molecule has 2 N–H and O–H groups in total. The van der Waals surface area contributed by atoms with Crippen molar-refractivity contribution in [2.24, 2.45) is 5.41 Å². The number of rotatable bonds is 14. The van der Waals surface area contributed by atoms with Gasteiger partial charge in [0.2, 0.25) is 5.88 Å². The van der Waals surface area contributed by atoms with Crippen molar-refractivity contribution in [2.45, 2.75) is 52.8 Å². The molecule has 5 rings (SSSR count). The van der Waals surface area contributed by atoms with Crippen molar-refractivity contribution < 1.29 is 32.5 Å². The van der Waals surface area contributed by atoms with E-state index in [1.807, 2.05) is 11.9 Å². The molecule has 5 heterocycles. The standard InChI is InChI=1S/C34H44F3N9O4/c1-7-50-28-14-22(13-26(41-28)34(35,36)37)23-15-25(44(5)19-33(3,4)20-49-6)30-32(40-23)43-31(42-30)24-16-39-27(17-38-24)46-12-11-45(18-21(46)2)10-8-9-29(47)48/h13-17,21H,7-12,18-20H2,1-6H3,(H,47,48)(H,40,42,43)/t21-/m1/s1. The fourth-order valence-electron chi connectivity index (χ4n) is 6.35. The lowest BCUT2D eigenvalue weighted by Gasteiger charge is -2.40. The second-order valence-corrected chi connectivity index (χ2v) is 13.4. The molecule has 16 heteroatoms. The zero-order valence-electron chi connectivity index (χ0n) is 29.2. The molecule has 50 heavy (non-hydrogen) atoms. The highest BCUT2D eigenvalue weighted by Gasteiger charge is 2.34. The van der Waals surface area contributed by atoms with Crippen molar-refractivity contribution in [1.82, 2.24) is 34.8 Å². The summed E-state index contributed by atoms with van der Waals surface area (Å²) in [6, 6.07) is 4.29. The number of aromatic nitrogens is 6. The van der Waals surface area contributed by atoms with E-state index in [2.05, 4.69) is 45.5 Å². The lowest BCUT2D eigenvalue weighted by molar-refractivity contribution is -0.141. The number of ether oxygens (including phenoxy) is 2. The average Bonchev–Trinajstić information content (AvgIpc) is 3.48. The minimum atomic E-state index is -4.69. The number of nitrogens with zero attached hydrogens (tertiary/aromatic N) is 8. The fraction of sp³-hybridized carbons (Fsp3) is 0.529. The number of pyridine rings is 2. The van der Waals surface area contributed by atoms with Crippen molar-refractivity contribution in [2.75, 3.05) is 69.9 Å². The van der Waals surface area contributed by atoms with Crippen LogP contribution in [0.15, 0.2) is 30.6 Å². The maximum atomic E-state index is 13.9. The van der Waals surface area contributed by atoms with E-state index in [4.69, 9.17) is 29.5 Å². The van der Waals surface area contributed by atoms with Crippen LogP contribution in [0, 0.1) is 5.41 Å². The molecular weight excluding hydrogens is 655 g/mol. The lowest BCUT2D eigenvalue weighted by Crippen LogP contribution is -2.52. The van der Waals surface area contributed by atoms with Gasteiger partial charge < -0.3 is 29.4 Å². The molecule has 0 spiro atoms. The number of piperazine rings is 1. The first-order chi connectivity index (χ1) is 23.7. The molecule has 0 bridgehead atoms. The number of fused-ring (bicyclic) bond motifs is 1. The monoisotopic (exact) mass is 699 g/mol. The molecule has 4 aromatic rings. The predicted octanol–water partition coefficient (Wildman–Crippen LogP) is 5.38. The van der Waals surface area contributed by atoms with Gasteiger partial charge in [-0.15, -0.1) is 0 Å². The summed E-state index contributed by atoms with van der Waals surface area (Å²) in [5.41, 5.74) is 1.16. The maximum absolute atomic E-state index is 13.9. The van der Waals surface area contributed by atoms with Crippen molar-refractivity contribution in [3.05, 3.63) is 36.3 Å². The van der Waals surface area contributed by atoms with E-state index in [1.54, 1.807) is 32.5 Å². The Balaban J connectivity index is 1.48. The lowest BCUT2D eigenvalue weighted by atomic mass is 9.94. The van der Waals surface area contributed by atoms with Crippen LogP contribution in [0.3, 0.4) is 0 Å². The molecule has 0 radical (unpaired) electrons. The minimum absolute atomic E-state index is 0.148. The summed E-state index contributed by atoms with van der Waals surface area (Å²) in [6.07, 6.45) is -0.589. The number of methoxy groups -OCH3 is 1. The number of imidazole rings is 1. The molecule has 1 atom stereocenters. The number of aliphatic carboxylic acids is 1. The Bertz CT molecular complexity index is 1780. The number of carboxylic acid groups (broad SMARTS) is 1. The van der Waals surface area contributed by atoms with Gasteiger partial charge in [0.1, 0.15) is 22.7 Å². The van der Waals surface area contributed by atoms with Gasteiger partial charge in [0.15, 0.2) is 11.5 Å². The smallest absolute Gasteiger partial charge is 0.433 e. The van der Waals surface area contributed by atoms with Gasteiger partial charge in [0, 0.05) is 69.8 Å². The van der Waals surface area contributed by atoms with Gasteiger partial charge in [0.25, 0.3) is 0 Å². The van der Waals surface area contributed by atoms with Crippen LogP contribution < -0.4 is 14.5 Å². The van der Waals surface area contributed by atoms with E-state index in [1.165, 1.54) is 6.07 Å². The molecule has 4 aromatic heterocycles. The van der Waals surface area contributed by atoms with E-state index in [0.717, 1.165) is 32.2 Å². The zero-order chi connectivity index (χ0) is 36.2. The number of alkyl halides is 3. The van der Waals surface area contributed by atoms with Crippen LogP contribution >= 0.6 is 0 Å². The quantitative estimate of drug-likeness (QED) is 0.174. The molecule has 0 aromatic carbocycles. The van der Waals surface area contributed by atoms with Gasteiger partial charge in [-0.05, 0) is 38.9 Å². The predicted molar refractivity (Wildman–Crippen MR) is 183 cm³/mol. The molecule has 1 saturated heterocycles. The summed E-state index contributed by atoms with van der Waals surface area (Å²) < 4.78 is 52.4. The highest BCUT2D eigenvalue weighted by molar-refractivity contribution is 5.91. The molecule has 270 valence electrons. The number of aromatic amines is 1. The van der Waals surface area contributed by atoms with Crippen LogP contribution in [0.4, 0.5) is 24.7 Å². The third-order valence-electron chi connectivity index (χ3n) is 8.48. The van der Waals surface area contributed by atoms with E-state index in [9.17, 15) is 18.0 Å². The molecular formula is C34H44F3N9O4. The van der Waals surface area contributed by atoms with E-state index in [0.29, 0.717) is 53.8 Å².